The molecule has 0 heterocycles. The summed E-state index contributed by atoms with van der Waals surface area (Å²) < 4.78 is 4.66. The lowest BCUT2D eigenvalue weighted by Crippen LogP contribution is -2.36. The van der Waals surface area contributed by atoms with Crippen LogP contribution in [0.15, 0.2) is 48.5 Å². The first-order valence-corrected chi connectivity index (χ1v) is 9.46. The fraction of sp³-hybridized carbons (Fsp3) is 0.318. The average Bonchev–Trinajstić information content (AvgIpc) is 2.68. The summed E-state index contributed by atoms with van der Waals surface area (Å²) in [5, 5.41) is 2.93. The summed E-state index contributed by atoms with van der Waals surface area (Å²) in [7, 11) is 1.33. The van der Waals surface area contributed by atoms with E-state index < -0.39 is 5.97 Å². The van der Waals surface area contributed by atoms with Crippen LogP contribution in [0.2, 0.25) is 0 Å². The number of ether oxygens (including phenoxy) is 1. The van der Waals surface area contributed by atoms with Crippen LogP contribution in [0.3, 0.4) is 0 Å². The van der Waals surface area contributed by atoms with E-state index in [9.17, 15) is 14.4 Å². The van der Waals surface area contributed by atoms with Crippen molar-refractivity contribution in [3.8, 4) is 0 Å². The van der Waals surface area contributed by atoms with Gasteiger partial charge in [-0.3, -0.25) is 9.59 Å². The quantitative estimate of drug-likeness (QED) is 0.567. The van der Waals surface area contributed by atoms with Gasteiger partial charge in [-0.25, -0.2) is 4.79 Å². The molecule has 0 saturated heterocycles. The van der Waals surface area contributed by atoms with Gasteiger partial charge in [0, 0.05) is 18.5 Å². The molecule has 0 aromatic heterocycles. The number of amides is 1. The zero-order valence-electron chi connectivity index (χ0n) is 16.7. The molecule has 0 aliphatic rings. The van der Waals surface area contributed by atoms with Crippen LogP contribution in [0, 0.1) is 6.92 Å². The summed E-state index contributed by atoms with van der Waals surface area (Å²) in [5.74, 6) is -0.542. The minimum absolute atomic E-state index is 0.0684. The topological polar surface area (TPSA) is 72.5 Å². The van der Waals surface area contributed by atoms with Gasteiger partial charge in [-0.05, 0) is 55.2 Å². The number of benzene rings is 2. The maximum atomic E-state index is 12.4. The molecular weight excluding hydrogens is 374 g/mol. The minimum atomic E-state index is -0.409. The van der Waals surface area contributed by atoms with Crippen LogP contribution in [0.1, 0.15) is 52.1 Å². The SMILES string of the molecule is CC(=O)S.CCC(Cc1ccccc1C)NC(=O)c1ccc(C(=O)OC)cc1. The highest BCUT2D eigenvalue weighted by Gasteiger charge is 2.14. The van der Waals surface area contributed by atoms with E-state index >= 15 is 0 Å². The third-order valence-electron chi connectivity index (χ3n) is 4.12. The van der Waals surface area contributed by atoms with Crippen molar-refractivity contribution in [2.75, 3.05) is 7.11 Å². The zero-order chi connectivity index (χ0) is 21.1. The Bertz CT molecular complexity index is 798. The monoisotopic (exact) mass is 401 g/mol. The van der Waals surface area contributed by atoms with Crippen molar-refractivity contribution in [2.24, 2.45) is 0 Å². The van der Waals surface area contributed by atoms with Crippen LogP contribution in [0.25, 0.3) is 0 Å². The van der Waals surface area contributed by atoms with Gasteiger partial charge in [0.25, 0.3) is 5.91 Å². The van der Waals surface area contributed by atoms with E-state index in [-0.39, 0.29) is 17.1 Å². The fourth-order valence-electron chi connectivity index (χ4n) is 2.55. The lowest BCUT2D eigenvalue weighted by atomic mass is 9.99. The summed E-state index contributed by atoms with van der Waals surface area (Å²) >= 11 is 3.33. The molecule has 0 spiro atoms. The van der Waals surface area contributed by atoms with Gasteiger partial charge in [-0.2, -0.15) is 0 Å². The number of hydrogen-bond donors (Lipinski definition) is 2. The Hall–Kier alpha value is -2.60. The van der Waals surface area contributed by atoms with Crippen LogP contribution in [0.5, 0.6) is 0 Å². The number of carbonyl (C=O) groups is 3. The van der Waals surface area contributed by atoms with Crippen molar-refractivity contribution >= 4 is 29.6 Å². The van der Waals surface area contributed by atoms with Crippen molar-refractivity contribution in [3.05, 3.63) is 70.8 Å². The van der Waals surface area contributed by atoms with Gasteiger partial charge in [0.2, 0.25) is 0 Å². The number of thiol groups is 1. The lowest BCUT2D eigenvalue weighted by Gasteiger charge is -2.18. The maximum absolute atomic E-state index is 12.4. The van der Waals surface area contributed by atoms with Crippen molar-refractivity contribution in [2.45, 2.75) is 39.7 Å². The zero-order valence-corrected chi connectivity index (χ0v) is 17.6. The number of esters is 1. The molecule has 0 aliphatic carbocycles. The number of nitrogens with one attached hydrogen (secondary N) is 1. The lowest BCUT2D eigenvalue weighted by molar-refractivity contribution is -0.108. The van der Waals surface area contributed by atoms with Gasteiger partial charge in [-0.1, -0.05) is 31.2 Å². The van der Waals surface area contributed by atoms with E-state index in [4.69, 9.17) is 0 Å². The summed E-state index contributed by atoms with van der Waals surface area (Å²) in [4.78, 5) is 33.2. The van der Waals surface area contributed by atoms with Crippen molar-refractivity contribution in [3.63, 3.8) is 0 Å². The summed E-state index contributed by atoms with van der Waals surface area (Å²) in [6.45, 7) is 5.53. The van der Waals surface area contributed by atoms with Gasteiger partial charge in [0.15, 0.2) is 5.12 Å². The Morgan fingerprint density at radius 1 is 1.04 bits per heavy atom. The highest BCUT2D eigenvalue weighted by atomic mass is 32.1. The first-order chi connectivity index (χ1) is 13.3. The molecule has 28 heavy (non-hydrogen) atoms. The number of methoxy groups -OCH3 is 1. The van der Waals surface area contributed by atoms with Crippen LogP contribution < -0.4 is 5.32 Å². The van der Waals surface area contributed by atoms with Gasteiger partial charge in [-0.15, -0.1) is 12.6 Å². The third-order valence-corrected chi connectivity index (χ3v) is 4.12. The molecule has 0 radical (unpaired) electrons. The van der Waals surface area contributed by atoms with Gasteiger partial charge in [0.1, 0.15) is 0 Å². The third kappa shape index (κ3) is 7.96. The second-order valence-electron chi connectivity index (χ2n) is 6.30. The maximum Gasteiger partial charge on any atom is 0.337 e. The van der Waals surface area contributed by atoms with Gasteiger partial charge < -0.3 is 10.1 Å². The Morgan fingerprint density at radius 3 is 2.07 bits per heavy atom. The van der Waals surface area contributed by atoms with Crippen LogP contribution in [-0.2, 0) is 16.0 Å². The number of hydrogen-bond acceptors (Lipinski definition) is 4. The van der Waals surface area contributed by atoms with Crippen LogP contribution in [0.4, 0.5) is 0 Å². The van der Waals surface area contributed by atoms with Crippen molar-refractivity contribution in [1.82, 2.24) is 5.32 Å². The largest absolute Gasteiger partial charge is 0.465 e. The van der Waals surface area contributed by atoms with Crippen LogP contribution >= 0.6 is 12.6 Å². The highest BCUT2D eigenvalue weighted by Crippen LogP contribution is 2.12. The second kappa shape index (κ2) is 12.0. The molecule has 2 rings (SSSR count). The summed E-state index contributed by atoms with van der Waals surface area (Å²) in [5.41, 5.74) is 3.44. The Morgan fingerprint density at radius 2 is 1.57 bits per heavy atom. The predicted octanol–water partition coefficient (Wildman–Crippen LogP) is 4.00. The minimum Gasteiger partial charge on any atom is -0.465 e. The van der Waals surface area contributed by atoms with E-state index in [1.54, 1.807) is 24.3 Å². The van der Waals surface area contributed by atoms with E-state index in [1.165, 1.54) is 25.2 Å². The predicted molar refractivity (Wildman–Crippen MR) is 114 cm³/mol. The molecule has 5 nitrogen and oxygen atoms in total. The molecule has 2 aromatic rings. The molecule has 2 aromatic carbocycles. The smallest absolute Gasteiger partial charge is 0.337 e. The highest BCUT2D eigenvalue weighted by molar-refractivity contribution is 7.96. The number of rotatable bonds is 6. The van der Waals surface area contributed by atoms with E-state index in [2.05, 4.69) is 48.7 Å². The van der Waals surface area contributed by atoms with Crippen molar-refractivity contribution < 1.29 is 19.1 Å². The summed E-state index contributed by atoms with van der Waals surface area (Å²) in [6, 6.07) is 14.8. The average molecular weight is 402 g/mol. The molecule has 0 aliphatic heterocycles. The van der Waals surface area contributed by atoms with Gasteiger partial charge in [0.05, 0.1) is 12.7 Å². The molecule has 0 bridgehead atoms. The second-order valence-corrected chi connectivity index (χ2v) is 6.93. The van der Waals surface area contributed by atoms with E-state index in [0.29, 0.717) is 11.1 Å². The molecule has 6 heteroatoms. The van der Waals surface area contributed by atoms with E-state index in [1.807, 2.05) is 12.1 Å². The number of carbonyl (C=O) groups excluding carboxylic acids is 3. The number of aryl methyl sites for hydroxylation is 1. The molecule has 0 saturated carbocycles. The Balaban J connectivity index is 0.000000892. The molecule has 150 valence electrons. The van der Waals surface area contributed by atoms with Crippen molar-refractivity contribution in [1.29, 1.82) is 0 Å². The fourth-order valence-corrected chi connectivity index (χ4v) is 2.55. The first-order valence-electron chi connectivity index (χ1n) is 9.01. The molecular formula is C22H27NO4S. The Labute approximate surface area is 171 Å². The molecule has 1 atom stereocenters. The summed E-state index contributed by atoms with van der Waals surface area (Å²) in [6.07, 6.45) is 1.65. The van der Waals surface area contributed by atoms with Crippen LogP contribution in [-0.4, -0.2) is 30.1 Å². The van der Waals surface area contributed by atoms with Gasteiger partial charge >= 0.3 is 5.97 Å². The first kappa shape index (κ1) is 23.4. The normalized spacial score (nSPS) is 10.9. The molecule has 0 fully saturated rings. The molecule has 1 N–H and O–H groups in total. The molecule has 1 unspecified atom stereocenters. The van der Waals surface area contributed by atoms with E-state index in [0.717, 1.165) is 12.8 Å². The Kier molecular flexibility index (Phi) is 10.0. The standard InChI is InChI=1S/C20H23NO3.C2H4OS/c1-4-18(13-17-8-6-5-7-14(17)2)21-19(22)15-9-11-16(12-10-15)20(23)24-3;1-2(3)4/h5-12,18H,4,13H2,1-3H3,(H,21,22);1H3,(H,3,4). The molecule has 1 amide bonds.